The minimum absolute atomic E-state index is 0.268. The topological polar surface area (TPSA) is 54.4 Å². The maximum atomic E-state index is 11.5. The van der Waals surface area contributed by atoms with Gasteiger partial charge in [-0.1, -0.05) is 0 Å². The van der Waals surface area contributed by atoms with Crippen LogP contribution in [0.3, 0.4) is 0 Å². The molecule has 4 nitrogen and oxygen atoms in total. The molecule has 1 heterocycles. The van der Waals surface area contributed by atoms with Crippen molar-refractivity contribution in [3.05, 3.63) is 61.7 Å². The molecule has 1 aromatic rings. The molecule has 4 heteroatoms. The lowest BCUT2D eigenvalue weighted by Crippen LogP contribution is -2.18. The Morgan fingerprint density at radius 3 is 2.88 bits per heavy atom. The number of carbonyl (C=O) groups excluding carboxylic acids is 1. The average Bonchev–Trinajstić information content (AvgIpc) is 2.83. The third kappa shape index (κ3) is 2.89. The zero-order valence-electron chi connectivity index (χ0n) is 8.50. The van der Waals surface area contributed by atoms with Crippen molar-refractivity contribution in [3.8, 4) is 0 Å². The highest BCUT2D eigenvalue weighted by Crippen LogP contribution is 2.20. The predicted octanol–water partition coefficient (Wildman–Crippen LogP) is 1.20. The van der Waals surface area contributed by atoms with Gasteiger partial charge >= 0.3 is 0 Å². The number of hydrogen-bond donors (Lipinski definition) is 1. The fourth-order valence-corrected chi connectivity index (χ4v) is 1.20. The summed E-state index contributed by atoms with van der Waals surface area (Å²) in [5.41, 5.74) is 2.92. The Balaban J connectivity index is 1.83. The number of nitrogens with zero attached hydrogens (tertiary/aromatic N) is 2. The minimum atomic E-state index is -0.268. The molecule has 1 N–H and O–H groups in total. The summed E-state index contributed by atoms with van der Waals surface area (Å²) >= 11 is 0. The van der Waals surface area contributed by atoms with Crippen molar-refractivity contribution in [1.29, 1.82) is 0 Å². The molecule has 0 atom stereocenters. The maximum absolute atomic E-state index is 11.5. The van der Waals surface area contributed by atoms with Crippen LogP contribution in [-0.2, 0) is 0 Å². The Bertz CT molecular complexity index is 369. The van der Waals surface area contributed by atoms with Gasteiger partial charge in [-0.25, -0.2) is 5.43 Å². The van der Waals surface area contributed by atoms with Gasteiger partial charge in [-0.3, -0.25) is 9.78 Å². The largest absolute Gasteiger partial charge is 0.272 e. The number of hydrazone groups is 1. The fourth-order valence-electron chi connectivity index (χ4n) is 1.20. The van der Waals surface area contributed by atoms with E-state index in [1.165, 1.54) is 6.20 Å². The molecular weight excluding hydrogens is 202 g/mol. The van der Waals surface area contributed by atoms with Crippen LogP contribution in [0.1, 0.15) is 10.4 Å². The first kappa shape index (κ1) is 10.8. The van der Waals surface area contributed by atoms with Gasteiger partial charge in [0.2, 0.25) is 0 Å². The molecule has 1 fully saturated rings. The van der Waals surface area contributed by atoms with E-state index in [1.54, 1.807) is 24.5 Å². The minimum Gasteiger partial charge on any atom is -0.267 e. The van der Waals surface area contributed by atoms with Gasteiger partial charge in [0, 0.05) is 24.5 Å². The standard InChI is InChI=1S/C12H10N3O/c16-12(11-6-3-7-13-9-11)15-14-8-10-4-1-2-5-10/h1-9H,(H,15,16)/b14-8+. The number of pyridine rings is 1. The molecular formula is C12H10N3O. The van der Waals surface area contributed by atoms with Crippen molar-refractivity contribution < 1.29 is 4.79 Å². The van der Waals surface area contributed by atoms with Crippen molar-refractivity contribution in [2.75, 3.05) is 0 Å². The van der Waals surface area contributed by atoms with Crippen LogP contribution in [0.5, 0.6) is 0 Å². The van der Waals surface area contributed by atoms with Crippen LogP contribution < -0.4 is 5.43 Å². The van der Waals surface area contributed by atoms with Gasteiger partial charge in [0.25, 0.3) is 5.91 Å². The summed E-state index contributed by atoms with van der Waals surface area (Å²) in [5, 5.41) is 3.84. The van der Waals surface area contributed by atoms with Gasteiger partial charge in [-0.05, 0) is 37.8 Å². The van der Waals surface area contributed by atoms with E-state index in [4.69, 9.17) is 0 Å². The van der Waals surface area contributed by atoms with Crippen LogP contribution in [-0.4, -0.2) is 17.1 Å². The highest BCUT2D eigenvalue weighted by molar-refractivity contribution is 5.94. The van der Waals surface area contributed by atoms with Crippen LogP contribution in [0.4, 0.5) is 0 Å². The van der Waals surface area contributed by atoms with Gasteiger partial charge in [-0.15, -0.1) is 0 Å². The van der Waals surface area contributed by atoms with E-state index in [2.05, 4.69) is 15.5 Å². The van der Waals surface area contributed by atoms with Crippen LogP contribution in [0.25, 0.3) is 0 Å². The molecule has 0 bridgehead atoms. The monoisotopic (exact) mass is 212 g/mol. The zero-order valence-corrected chi connectivity index (χ0v) is 8.50. The lowest BCUT2D eigenvalue weighted by Gasteiger charge is -2.00. The van der Waals surface area contributed by atoms with Crippen molar-refractivity contribution in [1.82, 2.24) is 10.4 Å². The number of nitrogens with one attached hydrogen (secondary N) is 1. The van der Waals surface area contributed by atoms with E-state index in [0.29, 0.717) is 5.56 Å². The Morgan fingerprint density at radius 1 is 1.38 bits per heavy atom. The Morgan fingerprint density at radius 2 is 2.19 bits per heavy atom. The first-order valence-corrected chi connectivity index (χ1v) is 4.81. The van der Waals surface area contributed by atoms with E-state index >= 15 is 0 Å². The molecule has 0 spiro atoms. The predicted molar refractivity (Wildman–Crippen MR) is 60.6 cm³/mol. The summed E-state index contributed by atoms with van der Waals surface area (Å²) in [6.07, 6.45) is 12.3. The first-order chi connectivity index (χ1) is 7.86. The smallest absolute Gasteiger partial charge is 0.267 e. The van der Waals surface area contributed by atoms with Gasteiger partial charge in [-0.2, -0.15) is 5.10 Å². The summed E-state index contributed by atoms with van der Waals surface area (Å²) in [6, 6.07) is 3.39. The Kier molecular flexibility index (Phi) is 3.64. The number of aromatic nitrogens is 1. The molecule has 1 aliphatic carbocycles. The van der Waals surface area contributed by atoms with E-state index in [-0.39, 0.29) is 5.91 Å². The van der Waals surface area contributed by atoms with Crippen molar-refractivity contribution in [3.63, 3.8) is 0 Å². The molecule has 5 radical (unpaired) electrons. The summed E-state index contributed by atoms with van der Waals surface area (Å²) in [4.78, 5) is 15.4. The third-order valence-electron chi connectivity index (χ3n) is 1.99. The van der Waals surface area contributed by atoms with Crippen LogP contribution >= 0.6 is 0 Å². The maximum Gasteiger partial charge on any atom is 0.272 e. The molecule has 0 saturated heterocycles. The van der Waals surface area contributed by atoms with Crippen molar-refractivity contribution in [2.45, 2.75) is 0 Å². The molecule has 1 aliphatic rings. The zero-order chi connectivity index (χ0) is 11.2. The van der Waals surface area contributed by atoms with Crippen LogP contribution in [0, 0.1) is 31.6 Å². The summed E-state index contributed by atoms with van der Waals surface area (Å²) < 4.78 is 0. The van der Waals surface area contributed by atoms with E-state index < -0.39 is 0 Å². The molecule has 1 amide bonds. The quantitative estimate of drug-likeness (QED) is 0.604. The van der Waals surface area contributed by atoms with E-state index in [0.717, 1.165) is 5.92 Å². The Hall–Kier alpha value is -1.71. The second-order valence-corrected chi connectivity index (χ2v) is 3.16. The summed E-state index contributed by atoms with van der Waals surface area (Å²) in [7, 11) is 0. The second kappa shape index (κ2) is 5.39. The molecule has 1 aromatic heterocycles. The molecule has 0 aliphatic heterocycles. The molecule has 0 unspecified atom stereocenters. The molecule has 1 saturated carbocycles. The number of carbonyl (C=O) groups is 1. The summed E-state index contributed by atoms with van der Waals surface area (Å²) in [6.45, 7) is 0. The highest BCUT2D eigenvalue weighted by atomic mass is 16.2. The van der Waals surface area contributed by atoms with Crippen molar-refractivity contribution >= 4 is 12.1 Å². The van der Waals surface area contributed by atoms with E-state index in [9.17, 15) is 4.79 Å². The highest BCUT2D eigenvalue weighted by Gasteiger charge is 2.14. The van der Waals surface area contributed by atoms with Crippen LogP contribution in [0.15, 0.2) is 29.6 Å². The second-order valence-electron chi connectivity index (χ2n) is 3.16. The van der Waals surface area contributed by atoms with Crippen LogP contribution in [0.2, 0.25) is 0 Å². The normalized spacial score (nSPS) is 16.8. The van der Waals surface area contributed by atoms with E-state index in [1.807, 2.05) is 25.7 Å². The number of amides is 1. The van der Waals surface area contributed by atoms with Gasteiger partial charge in [0.1, 0.15) is 0 Å². The molecule has 2 rings (SSSR count). The van der Waals surface area contributed by atoms with Crippen molar-refractivity contribution in [2.24, 2.45) is 5.10 Å². The molecule has 79 valence electrons. The van der Waals surface area contributed by atoms with Gasteiger partial charge < -0.3 is 0 Å². The lowest BCUT2D eigenvalue weighted by atomic mass is 10.1. The fraction of sp³-hybridized carbons (Fsp3) is 0. The first-order valence-electron chi connectivity index (χ1n) is 4.81. The number of hydrogen-bond acceptors (Lipinski definition) is 3. The summed E-state index contributed by atoms with van der Waals surface area (Å²) in [5.74, 6) is 0.683. The number of rotatable bonds is 3. The molecule has 16 heavy (non-hydrogen) atoms. The van der Waals surface area contributed by atoms with Gasteiger partial charge in [0.05, 0.1) is 5.56 Å². The Labute approximate surface area is 94.8 Å². The lowest BCUT2D eigenvalue weighted by molar-refractivity contribution is 0.0954. The van der Waals surface area contributed by atoms with Gasteiger partial charge in [0.15, 0.2) is 0 Å². The SMILES string of the molecule is O=C(N/N=C/[C]1[CH][CH][CH][CH]1)c1cccnc1. The average molecular weight is 212 g/mol. The third-order valence-corrected chi connectivity index (χ3v) is 1.99. The molecule has 0 aromatic carbocycles.